The lowest BCUT2D eigenvalue weighted by Crippen LogP contribution is -2.37. The molecular weight excluding hydrogens is 280 g/mol. The zero-order valence-corrected chi connectivity index (χ0v) is 11.9. The molecule has 94 valence electrons. The van der Waals surface area contributed by atoms with E-state index in [2.05, 4.69) is 26.6 Å². The van der Waals surface area contributed by atoms with E-state index in [0.29, 0.717) is 19.0 Å². The second kappa shape index (κ2) is 7.45. The predicted molar refractivity (Wildman–Crippen MR) is 74.0 cm³/mol. The van der Waals surface area contributed by atoms with Crippen LogP contribution in [-0.4, -0.2) is 25.5 Å². The quantitative estimate of drug-likeness (QED) is 0.844. The number of carbonyl (C=O) groups excluding carboxylic acids is 1. The molecule has 1 amide bonds. The zero-order valence-electron chi connectivity index (χ0n) is 10.3. The summed E-state index contributed by atoms with van der Waals surface area (Å²) in [4.78, 5) is 11.6. The van der Waals surface area contributed by atoms with Crippen molar-refractivity contribution in [1.29, 1.82) is 0 Å². The molecule has 0 aliphatic rings. The van der Waals surface area contributed by atoms with Gasteiger partial charge in [-0.2, -0.15) is 0 Å². The summed E-state index contributed by atoms with van der Waals surface area (Å²) in [5.74, 6) is 0.106. The molecule has 1 aromatic rings. The van der Waals surface area contributed by atoms with Crippen molar-refractivity contribution in [2.45, 2.75) is 25.8 Å². The minimum atomic E-state index is 0.106. The molecular formula is C13H19BrN2O. The van der Waals surface area contributed by atoms with Gasteiger partial charge in [0.2, 0.25) is 5.91 Å². The molecule has 2 N–H and O–H groups in total. The first-order valence-electron chi connectivity index (χ1n) is 5.80. The van der Waals surface area contributed by atoms with Crippen molar-refractivity contribution in [3.63, 3.8) is 0 Å². The third-order valence-electron chi connectivity index (χ3n) is 2.65. The van der Waals surface area contributed by atoms with Crippen LogP contribution in [-0.2, 0) is 11.2 Å². The monoisotopic (exact) mass is 298 g/mol. The van der Waals surface area contributed by atoms with Crippen LogP contribution in [0.4, 0.5) is 0 Å². The van der Waals surface area contributed by atoms with Crippen LogP contribution >= 0.6 is 15.9 Å². The molecule has 0 radical (unpaired) electrons. The van der Waals surface area contributed by atoms with Gasteiger partial charge < -0.3 is 10.6 Å². The smallest absolute Gasteiger partial charge is 0.220 e. The SMILES string of the molecule is CNC(C)CNC(=O)CCc1ccc(Br)cc1. The fraction of sp³-hybridized carbons (Fsp3) is 0.462. The Morgan fingerprint density at radius 2 is 2.00 bits per heavy atom. The number of amides is 1. The molecule has 3 nitrogen and oxygen atoms in total. The van der Waals surface area contributed by atoms with Crippen molar-refractivity contribution in [3.05, 3.63) is 34.3 Å². The van der Waals surface area contributed by atoms with E-state index < -0.39 is 0 Å². The Balaban J connectivity index is 2.26. The third kappa shape index (κ3) is 5.84. The van der Waals surface area contributed by atoms with Gasteiger partial charge in [-0.1, -0.05) is 28.1 Å². The van der Waals surface area contributed by atoms with Gasteiger partial charge in [-0.15, -0.1) is 0 Å². The summed E-state index contributed by atoms with van der Waals surface area (Å²) in [6, 6.07) is 8.37. The van der Waals surface area contributed by atoms with Gasteiger partial charge in [-0.05, 0) is 38.1 Å². The highest BCUT2D eigenvalue weighted by Crippen LogP contribution is 2.11. The van der Waals surface area contributed by atoms with Gasteiger partial charge in [0.25, 0.3) is 0 Å². The van der Waals surface area contributed by atoms with Gasteiger partial charge in [-0.3, -0.25) is 4.79 Å². The highest BCUT2D eigenvalue weighted by molar-refractivity contribution is 9.10. The lowest BCUT2D eigenvalue weighted by atomic mass is 10.1. The zero-order chi connectivity index (χ0) is 12.7. The summed E-state index contributed by atoms with van der Waals surface area (Å²) >= 11 is 3.39. The molecule has 0 fully saturated rings. The molecule has 0 saturated heterocycles. The fourth-order valence-electron chi connectivity index (χ4n) is 1.37. The second-order valence-electron chi connectivity index (χ2n) is 4.12. The summed E-state index contributed by atoms with van der Waals surface area (Å²) in [6.07, 6.45) is 1.32. The van der Waals surface area contributed by atoms with Crippen LogP contribution in [0.5, 0.6) is 0 Å². The van der Waals surface area contributed by atoms with Crippen LogP contribution < -0.4 is 10.6 Å². The highest BCUT2D eigenvalue weighted by Gasteiger charge is 2.04. The van der Waals surface area contributed by atoms with Crippen LogP contribution in [0.15, 0.2) is 28.7 Å². The minimum Gasteiger partial charge on any atom is -0.355 e. The molecule has 0 aromatic heterocycles. The minimum absolute atomic E-state index is 0.106. The van der Waals surface area contributed by atoms with Gasteiger partial charge in [0.15, 0.2) is 0 Å². The van der Waals surface area contributed by atoms with E-state index >= 15 is 0 Å². The number of likely N-dealkylation sites (N-methyl/N-ethyl adjacent to an activating group) is 1. The maximum Gasteiger partial charge on any atom is 0.220 e. The van der Waals surface area contributed by atoms with Gasteiger partial charge in [-0.25, -0.2) is 0 Å². The summed E-state index contributed by atoms with van der Waals surface area (Å²) in [6.45, 7) is 2.71. The lowest BCUT2D eigenvalue weighted by molar-refractivity contribution is -0.121. The fourth-order valence-corrected chi connectivity index (χ4v) is 1.63. The van der Waals surface area contributed by atoms with Gasteiger partial charge in [0.05, 0.1) is 0 Å². The Morgan fingerprint density at radius 1 is 1.35 bits per heavy atom. The molecule has 0 aliphatic carbocycles. The molecule has 0 spiro atoms. The van der Waals surface area contributed by atoms with E-state index in [9.17, 15) is 4.79 Å². The molecule has 0 heterocycles. The number of rotatable bonds is 6. The molecule has 1 unspecified atom stereocenters. The van der Waals surface area contributed by atoms with Crippen LogP contribution in [0, 0.1) is 0 Å². The van der Waals surface area contributed by atoms with Crippen molar-refractivity contribution >= 4 is 21.8 Å². The topological polar surface area (TPSA) is 41.1 Å². The number of hydrogen-bond donors (Lipinski definition) is 2. The molecule has 4 heteroatoms. The number of benzene rings is 1. The lowest BCUT2D eigenvalue weighted by Gasteiger charge is -2.11. The largest absolute Gasteiger partial charge is 0.355 e. The standard InChI is InChI=1S/C13H19BrN2O/c1-10(15-2)9-16-13(17)8-5-11-3-6-12(14)7-4-11/h3-4,6-7,10,15H,5,8-9H2,1-2H3,(H,16,17). The molecule has 1 rings (SSSR count). The summed E-state index contributed by atoms with van der Waals surface area (Å²) in [5.41, 5.74) is 1.19. The Kier molecular flexibility index (Phi) is 6.22. The highest BCUT2D eigenvalue weighted by atomic mass is 79.9. The summed E-state index contributed by atoms with van der Waals surface area (Å²) in [5, 5.41) is 5.98. The van der Waals surface area contributed by atoms with E-state index in [4.69, 9.17) is 0 Å². The van der Waals surface area contributed by atoms with Crippen molar-refractivity contribution < 1.29 is 4.79 Å². The first-order chi connectivity index (χ1) is 8.11. The Bertz CT molecular complexity index is 351. The van der Waals surface area contributed by atoms with E-state index in [0.717, 1.165) is 10.9 Å². The van der Waals surface area contributed by atoms with E-state index in [1.807, 2.05) is 38.2 Å². The first-order valence-corrected chi connectivity index (χ1v) is 6.59. The van der Waals surface area contributed by atoms with Crippen molar-refractivity contribution in [2.24, 2.45) is 0 Å². The third-order valence-corrected chi connectivity index (χ3v) is 3.18. The van der Waals surface area contributed by atoms with Crippen LogP contribution in [0.2, 0.25) is 0 Å². The Hall–Kier alpha value is -0.870. The number of nitrogens with one attached hydrogen (secondary N) is 2. The summed E-state index contributed by atoms with van der Waals surface area (Å²) < 4.78 is 1.06. The van der Waals surface area contributed by atoms with Crippen LogP contribution in [0.1, 0.15) is 18.9 Å². The van der Waals surface area contributed by atoms with Gasteiger partial charge >= 0.3 is 0 Å². The maximum atomic E-state index is 11.6. The van der Waals surface area contributed by atoms with Crippen LogP contribution in [0.25, 0.3) is 0 Å². The van der Waals surface area contributed by atoms with E-state index in [1.165, 1.54) is 5.56 Å². The molecule has 17 heavy (non-hydrogen) atoms. The molecule has 1 aromatic carbocycles. The van der Waals surface area contributed by atoms with Gasteiger partial charge in [0.1, 0.15) is 0 Å². The number of carbonyl (C=O) groups is 1. The molecule has 1 atom stereocenters. The van der Waals surface area contributed by atoms with E-state index in [-0.39, 0.29) is 5.91 Å². The van der Waals surface area contributed by atoms with Gasteiger partial charge in [0, 0.05) is 23.5 Å². The predicted octanol–water partition coefficient (Wildman–Crippen LogP) is 2.11. The van der Waals surface area contributed by atoms with Crippen molar-refractivity contribution in [1.82, 2.24) is 10.6 Å². The van der Waals surface area contributed by atoms with Crippen molar-refractivity contribution in [2.75, 3.05) is 13.6 Å². The molecule has 0 saturated carbocycles. The molecule has 0 aliphatic heterocycles. The van der Waals surface area contributed by atoms with Crippen LogP contribution in [0.3, 0.4) is 0 Å². The average Bonchev–Trinajstić information content (AvgIpc) is 2.35. The second-order valence-corrected chi connectivity index (χ2v) is 5.04. The molecule has 0 bridgehead atoms. The number of aryl methyl sites for hydroxylation is 1. The summed E-state index contributed by atoms with van der Waals surface area (Å²) in [7, 11) is 1.89. The normalized spacial score (nSPS) is 12.2. The number of hydrogen-bond acceptors (Lipinski definition) is 2. The van der Waals surface area contributed by atoms with E-state index in [1.54, 1.807) is 0 Å². The number of halogens is 1. The van der Waals surface area contributed by atoms with Crippen molar-refractivity contribution in [3.8, 4) is 0 Å². The Morgan fingerprint density at radius 3 is 2.59 bits per heavy atom. The maximum absolute atomic E-state index is 11.6. The average molecular weight is 299 g/mol. The Labute approximate surface area is 111 Å². The first kappa shape index (κ1) is 14.2.